The number of benzene rings is 1. The van der Waals surface area contributed by atoms with Crippen molar-refractivity contribution in [2.45, 2.75) is 13.8 Å². The zero-order valence-electron chi connectivity index (χ0n) is 10.6. The molecule has 3 nitrogen and oxygen atoms in total. The summed E-state index contributed by atoms with van der Waals surface area (Å²) in [5, 5.41) is 0.490. The molecule has 0 aliphatic heterocycles. The number of carbonyl (C=O) groups excluding carboxylic acids is 2. The molecule has 19 heavy (non-hydrogen) atoms. The van der Waals surface area contributed by atoms with E-state index in [0.29, 0.717) is 27.4 Å². The highest BCUT2D eigenvalue weighted by molar-refractivity contribution is 6.31. The van der Waals surface area contributed by atoms with Crippen LogP contribution in [0.3, 0.4) is 0 Å². The molecule has 96 valence electrons. The van der Waals surface area contributed by atoms with Crippen LogP contribution in [-0.2, 0) is 4.79 Å². The first kappa shape index (κ1) is 13.4. The van der Waals surface area contributed by atoms with Gasteiger partial charge in [-0.05, 0) is 55.3 Å². The summed E-state index contributed by atoms with van der Waals surface area (Å²) in [4.78, 5) is 27.4. The number of carbonyl (C=O) groups is 2. The summed E-state index contributed by atoms with van der Waals surface area (Å²) in [6.45, 7) is 3.52. The number of aliphatic imine (C=N–C) groups is 1. The van der Waals surface area contributed by atoms with Crippen LogP contribution in [0.5, 0.6) is 0 Å². The molecule has 4 heteroatoms. The Balaban J connectivity index is 2.36. The lowest BCUT2D eigenvalue weighted by Gasteiger charge is -2.11. The molecule has 1 amide bonds. The molecule has 0 unspecified atom stereocenters. The minimum Gasteiger partial charge on any atom is -0.290 e. The second kappa shape index (κ2) is 5.33. The third kappa shape index (κ3) is 3.06. The Hall–Kier alpha value is -2.00. The van der Waals surface area contributed by atoms with Crippen molar-refractivity contribution in [3.63, 3.8) is 0 Å². The first-order chi connectivity index (χ1) is 8.97. The molecule has 0 aromatic heterocycles. The molecule has 0 heterocycles. The van der Waals surface area contributed by atoms with Crippen LogP contribution < -0.4 is 0 Å². The topological polar surface area (TPSA) is 46.5 Å². The van der Waals surface area contributed by atoms with Crippen LogP contribution in [-0.4, -0.2) is 17.4 Å². The van der Waals surface area contributed by atoms with Gasteiger partial charge >= 0.3 is 0 Å². The number of ketones is 1. The molecule has 1 aromatic carbocycles. The summed E-state index contributed by atoms with van der Waals surface area (Å²) in [7, 11) is 0. The molecule has 0 saturated heterocycles. The van der Waals surface area contributed by atoms with Crippen molar-refractivity contribution in [3.05, 3.63) is 58.1 Å². The molecular weight excluding hydrogens is 262 g/mol. The van der Waals surface area contributed by atoms with Crippen molar-refractivity contribution in [2.24, 2.45) is 4.99 Å². The molecule has 0 saturated carbocycles. The highest BCUT2D eigenvalue weighted by Crippen LogP contribution is 2.16. The highest BCUT2D eigenvalue weighted by Gasteiger charge is 2.15. The highest BCUT2D eigenvalue weighted by atomic mass is 35.5. The molecule has 1 aliphatic rings. The number of hydrogen-bond acceptors (Lipinski definition) is 2. The molecule has 0 bridgehead atoms. The smallest absolute Gasteiger partial charge is 0.277 e. The van der Waals surface area contributed by atoms with Gasteiger partial charge in [-0.25, -0.2) is 4.99 Å². The Bertz CT molecular complexity index is 630. The van der Waals surface area contributed by atoms with Gasteiger partial charge in [0.25, 0.3) is 5.91 Å². The molecule has 0 fully saturated rings. The van der Waals surface area contributed by atoms with Crippen LogP contribution >= 0.6 is 11.6 Å². The summed E-state index contributed by atoms with van der Waals surface area (Å²) >= 11 is 5.84. The Morgan fingerprint density at radius 1 is 1.16 bits per heavy atom. The fourth-order valence-corrected chi connectivity index (χ4v) is 2.07. The van der Waals surface area contributed by atoms with Crippen LogP contribution in [0.1, 0.15) is 24.2 Å². The Morgan fingerprint density at radius 2 is 1.79 bits per heavy atom. The van der Waals surface area contributed by atoms with Crippen LogP contribution in [0.4, 0.5) is 0 Å². The van der Waals surface area contributed by atoms with E-state index in [1.54, 1.807) is 38.1 Å². The first-order valence-corrected chi connectivity index (χ1v) is 6.15. The molecule has 0 spiro atoms. The average molecular weight is 274 g/mol. The number of amides is 1. The van der Waals surface area contributed by atoms with E-state index >= 15 is 0 Å². The van der Waals surface area contributed by atoms with E-state index in [2.05, 4.69) is 4.99 Å². The third-order valence-corrected chi connectivity index (χ3v) is 2.98. The van der Waals surface area contributed by atoms with Gasteiger partial charge in [0.1, 0.15) is 0 Å². The van der Waals surface area contributed by atoms with E-state index in [0.717, 1.165) is 0 Å². The van der Waals surface area contributed by atoms with Gasteiger partial charge in [0.15, 0.2) is 5.78 Å². The average Bonchev–Trinajstić information content (AvgIpc) is 2.33. The molecular formula is C15H12ClNO2. The minimum atomic E-state index is -0.368. The molecule has 0 atom stereocenters. The lowest BCUT2D eigenvalue weighted by atomic mass is 9.97. The van der Waals surface area contributed by atoms with Crippen molar-refractivity contribution in [3.8, 4) is 0 Å². The SMILES string of the molecule is CC1=CC(=O)C=C(C)C1=NC(=O)c1cccc(Cl)c1. The van der Waals surface area contributed by atoms with Crippen LogP contribution in [0.25, 0.3) is 0 Å². The van der Waals surface area contributed by atoms with Gasteiger partial charge in [0, 0.05) is 10.6 Å². The maximum atomic E-state index is 12.1. The summed E-state index contributed by atoms with van der Waals surface area (Å²) in [5.41, 5.74) is 2.36. The van der Waals surface area contributed by atoms with E-state index in [1.165, 1.54) is 12.2 Å². The summed E-state index contributed by atoms with van der Waals surface area (Å²) in [6, 6.07) is 6.62. The van der Waals surface area contributed by atoms with Crippen LogP contribution in [0.15, 0.2) is 52.6 Å². The van der Waals surface area contributed by atoms with Gasteiger partial charge in [-0.3, -0.25) is 9.59 Å². The summed E-state index contributed by atoms with van der Waals surface area (Å²) in [5.74, 6) is -0.448. The van der Waals surface area contributed by atoms with E-state index in [-0.39, 0.29) is 11.7 Å². The van der Waals surface area contributed by atoms with E-state index in [9.17, 15) is 9.59 Å². The number of nitrogens with zero attached hydrogens (tertiary/aromatic N) is 1. The summed E-state index contributed by atoms with van der Waals surface area (Å²) in [6.07, 6.45) is 2.94. The minimum absolute atomic E-state index is 0.0795. The fraction of sp³-hybridized carbons (Fsp3) is 0.133. The number of hydrogen-bond donors (Lipinski definition) is 0. The van der Waals surface area contributed by atoms with Crippen LogP contribution in [0, 0.1) is 0 Å². The van der Waals surface area contributed by atoms with Crippen molar-refractivity contribution in [2.75, 3.05) is 0 Å². The molecule has 0 radical (unpaired) electrons. The fourth-order valence-electron chi connectivity index (χ4n) is 1.88. The third-order valence-electron chi connectivity index (χ3n) is 2.75. The van der Waals surface area contributed by atoms with Crippen molar-refractivity contribution in [1.29, 1.82) is 0 Å². The molecule has 0 N–H and O–H groups in total. The predicted octanol–water partition coefficient (Wildman–Crippen LogP) is 3.40. The van der Waals surface area contributed by atoms with Gasteiger partial charge in [0.05, 0.1) is 5.71 Å². The van der Waals surface area contributed by atoms with E-state index in [4.69, 9.17) is 11.6 Å². The van der Waals surface area contributed by atoms with Gasteiger partial charge in [-0.15, -0.1) is 0 Å². The largest absolute Gasteiger partial charge is 0.290 e. The van der Waals surface area contributed by atoms with Gasteiger partial charge in [0.2, 0.25) is 0 Å². The first-order valence-electron chi connectivity index (χ1n) is 5.77. The quantitative estimate of drug-likeness (QED) is 0.736. The maximum absolute atomic E-state index is 12.1. The van der Waals surface area contributed by atoms with Crippen LogP contribution in [0.2, 0.25) is 5.02 Å². The van der Waals surface area contributed by atoms with Crippen molar-refractivity contribution in [1.82, 2.24) is 0 Å². The standard InChI is InChI=1S/C15H12ClNO2/c1-9-6-13(18)7-10(2)14(9)17-15(19)11-4-3-5-12(16)8-11/h3-8H,1-2H3. The lowest BCUT2D eigenvalue weighted by Crippen LogP contribution is -2.13. The predicted molar refractivity (Wildman–Crippen MR) is 75.7 cm³/mol. The Kier molecular flexibility index (Phi) is 3.76. The molecule has 2 rings (SSSR count). The number of halogens is 1. The zero-order valence-corrected chi connectivity index (χ0v) is 11.4. The van der Waals surface area contributed by atoms with Crippen molar-refractivity contribution >= 4 is 29.0 Å². The lowest BCUT2D eigenvalue weighted by molar-refractivity contribution is -0.110. The second-order valence-electron chi connectivity index (χ2n) is 4.33. The van der Waals surface area contributed by atoms with E-state index in [1.807, 2.05) is 0 Å². The normalized spacial score (nSPS) is 14.9. The number of rotatable bonds is 1. The molecule has 1 aromatic rings. The summed E-state index contributed by atoms with van der Waals surface area (Å²) < 4.78 is 0. The Morgan fingerprint density at radius 3 is 2.37 bits per heavy atom. The number of allylic oxidation sites excluding steroid dienone is 4. The monoisotopic (exact) mass is 273 g/mol. The molecule has 1 aliphatic carbocycles. The van der Waals surface area contributed by atoms with Crippen molar-refractivity contribution < 1.29 is 9.59 Å². The Labute approximate surface area is 116 Å². The van der Waals surface area contributed by atoms with E-state index < -0.39 is 0 Å². The van der Waals surface area contributed by atoms with Gasteiger partial charge in [-0.2, -0.15) is 0 Å². The second-order valence-corrected chi connectivity index (χ2v) is 4.77. The zero-order chi connectivity index (χ0) is 14.0. The maximum Gasteiger partial charge on any atom is 0.277 e. The van der Waals surface area contributed by atoms with Gasteiger partial charge in [-0.1, -0.05) is 17.7 Å². The van der Waals surface area contributed by atoms with Gasteiger partial charge < -0.3 is 0 Å².